The number of hydrogen-bond acceptors (Lipinski definition) is 9. The summed E-state index contributed by atoms with van der Waals surface area (Å²) in [5, 5.41) is 2.73. The van der Waals surface area contributed by atoms with Crippen molar-refractivity contribution in [3.63, 3.8) is 0 Å². The number of H-pyrrole nitrogens is 1. The Bertz CT molecular complexity index is 1770. The molecule has 0 atom stereocenters. The molecule has 0 bridgehead atoms. The highest BCUT2D eigenvalue weighted by molar-refractivity contribution is 6.03. The molecule has 1 amide bonds. The van der Waals surface area contributed by atoms with Crippen LogP contribution in [0.5, 0.6) is 0 Å². The Balaban J connectivity index is 1.44. The number of methoxy groups -OCH3 is 1. The van der Waals surface area contributed by atoms with Crippen molar-refractivity contribution in [3.8, 4) is 11.3 Å². The summed E-state index contributed by atoms with van der Waals surface area (Å²) in [6.45, 7) is 7.20. The van der Waals surface area contributed by atoms with Gasteiger partial charge in [-0.1, -0.05) is 19.9 Å². The lowest BCUT2D eigenvalue weighted by molar-refractivity contribution is -0.143. The average molecular weight is 668 g/mol. The number of fused-ring (bicyclic) bond motifs is 1. The summed E-state index contributed by atoms with van der Waals surface area (Å²) in [5.41, 5.74) is 2.12. The number of amides is 1. The summed E-state index contributed by atoms with van der Waals surface area (Å²) in [4.78, 5) is 47.2. The first kappa shape index (κ1) is 34.7. The predicted molar refractivity (Wildman–Crippen MR) is 175 cm³/mol. The Hall–Kier alpha value is -4.59. The number of aromatic amines is 1. The summed E-state index contributed by atoms with van der Waals surface area (Å²) in [6.07, 6.45) is 0.0421. The number of anilines is 2. The zero-order valence-corrected chi connectivity index (χ0v) is 27.7. The first-order valence-electron chi connectivity index (χ1n) is 15.9. The third kappa shape index (κ3) is 8.65. The number of pyridine rings is 3. The van der Waals surface area contributed by atoms with Gasteiger partial charge in [-0.2, -0.15) is 18.2 Å². The molecule has 14 heteroatoms. The maximum atomic E-state index is 13.9. The largest absolute Gasteiger partial charge is 0.466 e. The first-order valence-corrected chi connectivity index (χ1v) is 15.9. The molecule has 256 valence electrons. The molecule has 4 aromatic heterocycles. The highest BCUT2D eigenvalue weighted by Crippen LogP contribution is 2.42. The van der Waals surface area contributed by atoms with Crippen molar-refractivity contribution < 1.29 is 32.2 Å². The maximum absolute atomic E-state index is 13.9. The molecule has 48 heavy (non-hydrogen) atoms. The summed E-state index contributed by atoms with van der Waals surface area (Å²) in [6, 6.07) is 7.77. The van der Waals surface area contributed by atoms with E-state index in [0.29, 0.717) is 61.6 Å². The van der Waals surface area contributed by atoms with Gasteiger partial charge in [0.2, 0.25) is 5.95 Å². The molecule has 11 nitrogen and oxygen atoms in total. The normalized spacial score (nSPS) is 13.5. The number of carbonyl (C=O) groups excluding carboxylic acids is 2. The van der Waals surface area contributed by atoms with E-state index in [2.05, 4.69) is 30.2 Å². The van der Waals surface area contributed by atoms with Gasteiger partial charge in [0.1, 0.15) is 16.9 Å². The quantitative estimate of drug-likeness (QED) is 0.143. The van der Waals surface area contributed by atoms with Gasteiger partial charge in [0.05, 0.1) is 24.6 Å². The van der Waals surface area contributed by atoms with E-state index in [-0.39, 0.29) is 40.2 Å². The molecule has 1 fully saturated rings. The standard InChI is InChI=1S/C34H40F3N7O4/c1-6-48-28(45)9-7-8-20-10-13-23(38-17-20)31(46)43-32-41-29-26(44(4)18-33(2,3)19-47-5)16-25(40-30(29)42-32)22-14-24(21-11-12-21)39-27(15-22)34(35,36)37/h10,13-17,21H,6-9,11-12,18-19H2,1-5H3,(H2,40,41,42,43,46). The number of aromatic nitrogens is 5. The van der Waals surface area contributed by atoms with E-state index in [1.165, 1.54) is 0 Å². The minimum absolute atomic E-state index is 0.00811. The van der Waals surface area contributed by atoms with Gasteiger partial charge >= 0.3 is 12.1 Å². The molecular formula is C34H40F3N7O4. The van der Waals surface area contributed by atoms with Crippen molar-refractivity contribution in [1.29, 1.82) is 0 Å². The number of hydrogen-bond donors (Lipinski definition) is 2. The molecule has 0 aliphatic heterocycles. The molecule has 0 radical (unpaired) electrons. The molecule has 1 aliphatic rings. The fourth-order valence-corrected chi connectivity index (χ4v) is 5.62. The predicted octanol–water partition coefficient (Wildman–Crippen LogP) is 6.56. The number of nitrogens with one attached hydrogen (secondary N) is 2. The Morgan fingerprint density at radius 2 is 1.88 bits per heavy atom. The SMILES string of the molecule is CCOC(=O)CCCc1ccc(C(=O)Nc2nc3nc(-c4cc(C5CC5)nc(C(F)(F)F)c4)cc(N(C)CC(C)(C)COC)c3[nH]2)nc1. The Morgan fingerprint density at radius 3 is 2.52 bits per heavy atom. The van der Waals surface area contributed by atoms with Crippen LogP contribution in [0.15, 0.2) is 36.5 Å². The molecule has 4 heterocycles. The highest BCUT2D eigenvalue weighted by Gasteiger charge is 2.36. The Morgan fingerprint density at radius 1 is 1.10 bits per heavy atom. The van der Waals surface area contributed by atoms with Crippen LogP contribution in [0.1, 0.15) is 79.8 Å². The van der Waals surface area contributed by atoms with E-state index < -0.39 is 17.8 Å². The summed E-state index contributed by atoms with van der Waals surface area (Å²) in [5.74, 6) is -0.667. The molecule has 2 N–H and O–H groups in total. The van der Waals surface area contributed by atoms with Gasteiger partial charge < -0.3 is 19.4 Å². The van der Waals surface area contributed by atoms with Crippen LogP contribution in [0.25, 0.3) is 22.4 Å². The van der Waals surface area contributed by atoms with Crippen LogP contribution in [0, 0.1) is 5.41 Å². The molecule has 4 aromatic rings. The van der Waals surface area contributed by atoms with Gasteiger partial charge in [0, 0.05) is 55.9 Å². The summed E-state index contributed by atoms with van der Waals surface area (Å²) in [7, 11) is 3.50. The van der Waals surface area contributed by atoms with Gasteiger partial charge in [-0.3, -0.25) is 19.9 Å². The maximum Gasteiger partial charge on any atom is 0.433 e. The van der Waals surface area contributed by atoms with Gasteiger partial charge in [0.15, 0.2) is 5.65 Å². The van der Waals surface area contributed by atoms with E-state index in [4.69, 9.17) is 9.47 Å². The smallest absolute Gasteiger partial charge is 0.433 e. The lowest BCUT2D eigenvalue weighted by Gasteiger charge is -2.31. The number of alkyl halides is 3. The second kappa shape index (κ2) is 14.3. The molecule has 1 aliphatic carbocycles. The number of rotatable bonds is 14. The van der Waals surface area contributed by atoms with Crippen molar-refractivity contribution in [3.05, 3.63) is 59.2 Å². The average Bonchev–Trinajstić information content (AvgIpc) is 3.80. The minimum atomic E-state index is -4.62. The molecule has 1 saturated carbocycles. The molecule has 0 unspecified atom stereocenters. The van der Waals surface area contributed by atoms with Crippen molar-refractivity contribution in [2.45, 2.75) is 65.0 Å². The van der Waals surface area contributed by atoms with E-state index >= 15 is 0 Å². The van der Waals surface area contributed by atoms with Crippen LogP contribution in [-0.4, -0.2) is 70.7 Å². The monoisotopic (exact) mass is 667 g/mol. The fraction of sp³-hybridized carbons (Fsp3) is 0.471. The van der Waals surface area contributed by atoms with Gasteiger partial charge in [0.25, 0.3) is 5.91 Å². The molecular weight excluding hydrogens is 627 g/mol. The van der Waals surface area contributed by atoms with Crippen LogP contribution < -0.4 is 10.2 Å². The second-order valence-corrected chi connectivity index (χ2v) is 12.9. The Kier molecular flexibility index (Phi) is 10.3. The number of carbonyl (C=O) groups is 2. The van der Waals surface area contributed by atoms with Crippen molar-refractivity contribution in [1.82, 2.24) is 24.9 Å². The number of imidazole rings is 1. The fourth-order valence-electron chi connectivity index (χ4n) is 5.62. The number of aryl methyl sites for hydroxylation is 1. The van der Waals surface area contributed by atoms with Gasteiger partial charge in [-0.15, -0.1) is 0 Å². The summed E-state index contributed by atoms with van der Waals surface area (Å²) >= 11 is 0. The van der Waals surface area contributed by atoms with Crippen LogP contribution in [0.4, 0.5) is 24.8 Å². The number of halogens is 3. The molecule has 0 saturated heterocycles. The third-order valence-corrected chi connectivity index (χ3v) is 7.92. The number of ether oxygens (including phenoxy) is 2. The van der Waals surface area contributed by atoms with Crippen molar-refractivity contribution in [2.24, 2.45) is 5.41 Å². The topological polar surface area (TPSA) is 135 Å². The zero-order valence-electron chi connectivity index (χ0n) is 27.7. The molecule has 5 rings (SSSR count). The molecule has 0 aromatic carbocycles. The van der Waals surface area contributed by atoms with E-state index in [0.717, 1.165) is 24.5 Å². The lowest BCUT2D eigenvalue weighted by Crippen LogP contribution is -2.34. The third-order valence-electron chi connectivity index (χ3n) is 7.92. The molecule has 0 spiro atoms. The van der Waals surface area contributed by atoms with Crippen LogP contribution in [0.2, 0.25) is 0 Å². The zero-order chi connectivity index (χ0) is 34.6. The summed E-state index contributed by atoms with van der Waals surface area (Å²) < 4.78 is 52.0. The van der Waals surface area contributed by atoms with Crippen LogP contribution >= 0.6 is 0 Å². The number of nitrogens with zero attached hydrogens (tertiary/aromatic N) is 5. The minimum Gasteiger partial charge on any atom is -0.466 e. The van der Waals surface area contributed by atoms with E-state index in [1.54, 1.807) is 44.5 Å². The van der Waals surface area contributed by atoms with E-state index in [9.17, 15) is 22.8 Å². The first-order chi connectivity index (χ1) is 22.8. The van der Waals surface area contributed by atoms with Crippen LogP contribution in [-0.2, 0) is 26.9 Å². The van der Waals surface area contributed by atoms with Gasteiger partial charge in [-0.25, -0.2) is 9.97 Å². The van der Waals surface area contributed by atoms with Crippen molar-refractivity contribution in [2.75, 3.05) is 44.1 Å². The Labute approximate surface area is 276 Å². The second-order valence-electron chi connectivity index (χ2n) is 12.9. The van der Waals surface area contributed by atoms with E-state index in [1.807, 2.05) is 25.8 Å². The van der Waals surface area contributed by atoms with Crippen molar-refractivity contribution >= 4 is 34.7 Å². The lowest BCUT2D eigenvalue weighted by atomic mass is 9.94. The number of esters is 1. The van der Waals surface area contributed by atoms with Crippen LogP contribution in [0.3, 0.4) is 0 Å². The highest BCUT2D eigenvalue weighted by atomic mass is 19.4. The van der Waals surface area contributed by atoms with Gasteiger partial charge in [-0.05, 0) is 62.4 Å².